The summed E-state index contributed by atoms with van der Waals surface area (Å²) in [6.07, 6.45) is 2.26. The second-order valence-electron chi connectivity index (χ2n) is 4.59. The minimum absolute atomic E-state index is 0.0484. The van der Waals surface area contributed by atoms with E-state index in [0.717, 1.165) is 19.4 Å². The van der Waals surface area contributed by atoms with Crippen LogP contribution in [0.2, 0.25) is 0 Å². The van der Waals surface area contributed by atoms with Gasteiger partial charge in [-0.3, -0.25) is 9.11 Å². The van der Waals surface area contributed by atoms with Crippen LogP contribution in [0.3, 0.4) is 0 Å². The largest absolute Gasteiger partial charge is 0.394 e. The summed E-state index contributed by atoms with van der Waals surface area (Å²) in [7, 11) is -4.67. The molecule has 10 nitrogen and oxygen atoms in total. The summed E-state index contributed by atoms with van der Waals surface area (Å²) in [5.41, 5.74) is 0. The molecule has 0 fully saturated rings. The molecule has 0 radical (unpaired) electrons. The summed E-state index contributed by atoms with van der Waals surface area (Å²) in [5, 5.41) is 8.48. The van der Waals surface area contributed by atoms with Crippen LogP contribution in [0.25, 0.3) is 0 Å². The van der Waals surface area contributed by atoms with Gasteiger partial charge >= 0.3 is 10.4 Å². The minimum Gasteiger partial charge on any atom is -0.394 e. The van der Waals surface area contributed by atoms with Crippen LogP contribution in [0.15, 0.2) is 0 Å². The Morgan fingerprint density at radius 1 is 0.640 bits per heavy atom. The molecule has 0 aromatic heterocycles. The molecular weight excluding hydrogens is 360 g/mol. The highest BCUT2D eigenvalue weighted by atomic mass is 32.3. The Hall–Kier alpha value is -0.370. The molecule has 0 rings (SSSR count). The number of ether oxygens (including phenoxy) is 5. The molecule has 11 heteroatoms. The Morgan fingerprint density at radius 2 is 0.920 bits per heavy atom. The average Bonchev–Trinajstić information content (AvgIpc) is 2.53. The van der Waals surface area contributed by atoms with Crippen molar-refractivity contribution in [2.45, 2.75) is 19.8 Å². The number of aliphatic hydroxyl groups excluding tert-OH is 1. The fourth-order valence-corrected chi connectivity index (χ4v) is 1.29. The summed E-state index contributed by atoms with van der Waals surface area (Å²) >= 11 is 0. The van der Waals surface area contributed by atoms with E-state index < -0.39 is 10.4 Å². The Labute approximate surface area is 149 Å². The Kier molecular flexibility index (Phi) is 23.3. The van der Waals surface area contributed by atoms with E-state index in [0.29, 0.717) is 59.5 Å². The van der Waals surface area contributed by atoms with Crippen molar-refractivity contribution in [1.29, 1.82) is 0 Å². The molecule has 0 aliphatic heterocycles. The smallest absolute Gasteiger partial charge is 0.394 e. The van der Waals surface area contributed by atoms with E-state index in [-0.39, 0.29) is 6.61 Å². The minimum atomic E-state index is -4.67. The van der Waals surface area contributed by atoms with E-state index >= 15 is 0 Å². The van der Waals surface area contributed by atoms with Crippen molar-refractivity contribution in [3.63, 3.8) is 0 Å². The lowest BCUT2D eigenvalue weighted by atomic mass is 10.4. The van der Waals surface area contributed by atoms with Gasteiger partial charge in [0, 0.05) is 6.61 Å². The van der Waals surface area contributed by atoms with Crippen molar-refractivity contribution in [1.82, 2.24) is 0 Å². The van der Waals surface area contributed by atoms with Crippen LogP contribution in [-0.2, 0) is 34.1 Å². The highest BCUT2D eigenvalue weighted by Gasteiger charge is 1.93. The normalized spacial score (nSPS) is 11.2. The molecule has 25 heavy (non-hydrogen) atoms. The molecule has 3 N–H and O–H groups in total. The molecule has 0 atom stereocenters. The Balaban J connectivity index is 0. The molecular formula is C14H32O10S. The SMILES string of the molecule is CCCCOCCOCCOCCOCCOCCO.O=S(=O)(O)O. The second kappa shape index (κ2) is 21.7. The predicted molar refractivity (Wildman–Crippen MR) is 90.3 cm³/mol. The van der Waals surface area contributed by atoms with Gasteiger partial charge in [0.1, 0.15) is 0 Å². The third-order valence-electron chi connectivity index (χ3n) is 2.37. The van der Waals surface area contributed by atoms with E-state index in [9.17, 15) is 0 Å². The number of unbranched alkanes of at least 4 members (excludes halogenated alkanes) is 1. The first-order valence-corrected chi connectivity index (χ1v) is 9.51. The van der Waals surface area contributed by atoms with Gasteiger partial charge in [0.25, 0.3) is 0 Å². The molecule has 0 aliphatic rings. The molecule has 0 saturated heterocycles. The zero-order valence-corrected chi connectivity index (χ0v) is 15.6. The van der Waals surface area contributed by atoms with Gasteiger partial charge in [-0.05, 0) is 6.42 Å². The molecule has 0 saturated carbocycles. The maximum Gasteiger partial charge on any atom is 0.394 e. The van der Waals surface area contributed by atoms with Crippen molar-refractivity contribution in [3.8, 4) is 0 Å². The number of aliphatic hydroxyl groups is 1. The van der Waals surface area contributed by atoms with Gasteiger partial charge in [-0.25, -0.2) is 0 Å². The van der Waals surface area contributed by atoms with E-state index in [2.05, 4.69) is 6.92 Å². The second-order valence-corrected chi connectivity index (χ2v) is 5.48. The monoisotopic (exact) mass is 392 g/mol. The molecule has 0 spiro atoms. The van der Waals surface area contributed by atoms with Gasteiger partial charge in [-0.15, -0.1) is 0 Å². The first kappa shape index (κ1) is 26.9. The van der Waals surface area contributed by atoms with Gasteiger partial charge in [-0.2, -0.15) is 8.42 Å². The fourth-order valence-electron chi connectivity index (χ4n) is 1.29. The van der Waals surface area contributed by atoms with Crippen LogP contribution < -0.4 is 0 Å². The Morgan fingerprint density at radius 3 is 1.20 bits per heavy atom. The molecule has 0 aliphatic carbocycles. The summed E-state index contributed by atoms with van der Waals surface area (Å²) in [4.78, 5) is 0. The van der Waals surface area contributed by atoms with Crippen LogP contribution in [0.1, 0.15) is 19.8 Å². The molecule has 0 aromatic rings. The molecule has 0 heterocycles. The van der Waals surface area contributed by atoms with Crippen LogP contribution >= 0.6 is 0 Å². The van der Waals surface area contributed by atoms with Crippen molar-refractivity contribution >= 4 is 10.4 Å². The first-order valence-electron chi connectivity index (χ1n) is 8.11. The van der Waals surface area contributed by atoms with E-state index in [4.69, 9.17) is 46.3 Å². The number of hydrogen-bond acceptors (Lipinski definition) is 8. The first-order chi connectivity index (χ1) is 11.9. The molecule has 154 valence electrons. The molecule has 0 unspecified atom stereocenters. The van der Waals surface area contributed by atoms with Crippen molar-refractivity contribution < 1.29 is 46.3 Å². The average molecular weight is 392 g/mol. The summed E-state index contributed by atoms with van der Waals surface area (Å²) in [6, 6.07) is 0. The van der Waals surface area contributed by atoms with E-state index in [1.807, 2.05) is 0 Å². The van der Waals surface area contributed by atoms with Gasteiger partial charge in [-0.1, -0.05) is 13.3 Å². The maximum absolute atomic E-state index is 8.74. The lowest BCUT2D eigenvalue weighted by Crippen LogP contribution is -2.13. The van der Waals surface area contributed by atoms with Crippen molar-refractivity contribution in [2.24, 2.45) is 0 Å². The third-order valence-corrected chi connectivity index (χ3v) is 2.37. The topological polar surface area (TPSA) is 141 Å². The van der Waals surface area contributed by atoms with E-state index in [1.54, 1.807) is 0 Å². The van der Waals surface area contributed by atoms with Crippen LogP contribution in [0, 0.1) is 0 Å². The number of hydrogen-bond donors (Lipinski definition) is 3. The predicted octanol–water partition coefficient (Wildman–Crippen LogP) is 0.209. The zero-order valence-electron chi connectivity index (χ0n) is 14.8. The standard InChI is InChI=1S/C14H30O6.H2O4S/c1-2-3-5-16-7-9-18-11-13-20-14-12-19-10-8-17-6-4-15;1-5(2,3)4/h15H,2-14H2,1H3;(H2,1,2,3,4). The van der Waals surface area contributed by atoms with Gasteiger partial charge in [0.05, 0.1) is 66.1 Å². The van der Waals surface area contributed by atoms with Gasteiger partial charge in [0.15, 0.2) is 0 Å². The molecule has 0 bridgehead atoms. The Bertz CT molecular complexity index is 311. The summed E-state index contributed by atoms with van der Waals surface area (Å²) < 4.78 is 57.9. The van der Waals surface area contributed by atoms with Crippen LogP contribution in [0.5, 0.6) is 0 Å². The quantitative estimate of drug-likeness (QED) is 0.232. The highest BCUT2D eigenvalue weighted by Crippen LogP contribution is 1.88. The van der Waals surface area contributed by atoms with Crippen molar-refractivity contribution in [3.05, 3.63) is 0 Å². The molecule has 0 aromatic carbocycles. The summed E-state index contributed by atoms with van der Waals surface area (Å²) in [5.74, 6) is 0. The van der Waals surface area contributed by atoms with Gasteiger partial charge in [0.2, 0.25) is 0 Å². The third kappa shape index (κ3) is 40.0. The lowest BCUT2D eigenvalue weighted by molar-refractivity contribution is -0.0133. The zero-order chi connectivity index (χ0) is 19.2. The van der Waals surface area contributed by atoms with E-state index in [1.165, 1.54) is 0 Å². The van der Waals surface area contributed by atoms with Crippen LogP contribution in [-0.4, -0.2) is 95.3 Å². The molecule has 0 amide bonds. The maximum atomic E-state index is 8.74. The van der Waals surface area contributed by atoms with Gasteiger partial charge < -0.3 is 28.8 Å². The summed E-state index contributed by atoms with van der Waals surface area (Å²) in [6.45, 7) is 7.90. The fraction of sp³-hybridized carbons (Fsp3) is 1.00. The van der Waals surface area contributed by atoms with Crippen molar-refractivity contribution in [2.75, 3.05) is 72.7 Å². The highest BCUT2D eigenvalue weighted by molar-refractivity contribution is 7.79. The lowest BCUT2D eigenvalue weighted by Gasteiger charge is -2.07. The number of rotatable bonds is 17. The van der Waals surface area contributed by atoms with Crippen LogP contribution in [0.4, 0.5) is 0 Å².